The predicted molar refractivity (Wildman–Crippen MR) is 72.5 cm³/mol. The van der Waals surface area contributed by atoms with Gasteiger partial charge in [-0.15, -0.1) is 0 Å². The second-order valence-electron chi connectivity index (χ2n) is 5.65. The molecule has 2 N–H and O–H groups in total. The number of hydrogen-bond acceptors (Lipinski definition) is 2. The van der Waals surface area contributed by atoms with Gasteiger partial charge in [-0.3, -0.25) is 0 Å². The Morgan fingerprint density at radius 2 is 2.24 bits per heavy atom. The zero-order chi connectivity index (χ0) is 11.7. The number of benzene rings is 1. The first-order valence-corrected chi connectivity index (χ1v) is 6.88. The highest BCUT2D eigenvalue weighted by atomic mass is 15.0. The summed E-state index contributed by atoms with van der Waals surface area (Å²) in [6, 6.07) is 7.56. The van der Waals surface area contributed by atoms with Gasteiger partial charge in [-0.05, 0) is 43.7 Å². The average molecular weight is 230 g/mol. The lowest BCUT2D eigenvalue weighted by atomic mass is 9.90. The van der Waals surface area contributed by atoms with E-state index in [0.29, 0.717) is 0 Å². The first-order valence-electron chi connectivity index (χ1n) is 6.88. The molecule has 1 atom stereocenters. The fraction of sp³-hybridized carbons (Fsp3) is 0.600. The summed E-state index contributed by atoms with van der Waals surface area (Å²) in [5.41, 5.74) is 4.21. The average Bonchev–Trinajstić information content (AvgIpc) is 2.26. The molecule has 2 aliphatic rings. The first kappa shape index (κ1) is 11.1. The van der Waals surface area contributed by atoms with Gasteiger partial charge >= 0.3 is 0 Å². The van der Waals surface area contributed by atoms with Gasteiger partial charge in [0.15, 0.2) is 0 Å². The lowest BCUT2D eigenvalue weighted by molar-refractivity contribution is 0.317. The molecule has 0 amide bonds. The largest absolute Gasteiger partial charge is 0.384 e. The molecule has 0 aromatic heterocycles. The minimum Gasteiger partial charge on any atom is -0.384 e. The van der Waals surface area contributed by atoms with Crippen molar-refractivity contribution in [2.75, 3.05) is 18.4 Å². The molecule has 1 aliphatic heterocycles. The van der Waals surface area contributed by atoms with Crippen molar-refractivity contribution < 1.29 is 0 Å². The Labute approximate surface area is 104 Å². The van der Waals surface area contributed by atoms with Crippen molar-refractivity contribution in [2.24, 2.45) is 5.92 Å². The number of nitrogens with one attached hydrogen (secondary N) is 2. The van der Waals surface area contributed by atoms with Crippen molar-refractivity contribution in [1.82, 2.24) is 5.32 Å². The number of anilines is 1. The van der Waals surface area contributed by atoms with E-state index in [-0.39, 0.29) is 0 Å². The summed E-state index contributed by atoms with van der Waals surface area (Å²) in [6.45, 7) is 4.47. The highest BCUT2D eigenvalue weighted by Gasteiger charge is 2.21. The molecular formula is C15H22N2. The van der Waals surface area contributed by atoms with E-state index in [9.17, 15) is 0 Å². The fourth-order valence-corrected chi connectivity index (χ4v) is 2.79. The summed E-state index contributed by atoms with van der Waals surface area (Å²) in [5, 5.41) is 7.25. The summed E-state index contributed by atoms with van der Waals surface area (Å²) in [6.07, 6.45) is 5.41. The van der Waals surface area contributed by atoms with E-state index in [4.69, 9.17) is 0 Å². The molecule has 1 fully saturated rings. The lowest BCUT2D eigenvalue weighted by Crippen LogP contribution is -2.41. The topological polar surface area (TPSA) is 24.1 Å². The maximum Gasteiger partial charge on any atom is 0.0373 e. The van der Waals surface area contributed by atoms with Crippen molar-refractivity contribution in [2.45, 2.75) is 38.6 Å². The molecule has 0 saturated heterocycles. The minimum atomic E-state index is 0.755. The number of hydrogen-bond donors (Lipinski definition) is 2. The van der Waals surface area contributed by atoms with Gasteiger partial charge in [0.1, 0.15) is 0 Å². The van der Waals surface area contributed by atoms with Crippen molar-refractivity contribution >= 4 is 5.69 Å². The molecular weight excluding hydrogens is 208 g/mol. The van der Waals surface area contributed by atoms with Gasteiger partial charge in [0, 0.05) is 24.8 Å². The maximum absolute atomic E-state index is 3.69. The highest BCUT2D eigenvalue weighted by Crippen LogP contribution is 2.26. The van der Waals surface area contributed by atoms with Crippen LogP contribution in [0.3, 0.4) is 0 Å². The van der Waals surface area contributed by atoms with Crippen LogP contribution in [0.4, 0.5) is 5.69 Å². The smallest absolute Gasteiger partial charge is 0.0373 e. The summed E-state index contributed by atoms with van der Waals surface area (Å²) in [7, 11) is 0. The molecule has 0 spiro atoms. The minimum absolute atomic E-state index is 0.755. The molecule has 92 valence electrons. The van der Waals surface area contributed by atoms with Crippen LogP contribution in [0, 0.1) is 12.8 Å². The molecule has 0 radical (unpaired) electrons. The van der Waals surface area contributed by atoms with E-state index in [1.165, 1.54) is 49.0 Å². The zero-order valence-electron chi connectivity index (χ0n) is 10.6. The molecule has 1 aliphatic carbocycles. The molecule has 17 heavy (non-hydrogen) atoms. The van der Waals surface area contributed by atoms with Crippen LogP contribution in [-0.4, -0.2) is 19.1 Å². The van der Waals surface area contributed by atoms with E-state index in [0.717, 1.165) is 18.5 Å². The Morgan fingerprint density at radius 1 is 1.35 bits per heavy atom. The summed E-state index contributed by atoms with van der Waals surface area (Å²) in [4.78, 5) is 0. The quantitative estimate of drug-likeness (QED) is 0.834. The molecule has 3 rings (SSSR count). The Balaban J connectivity index is 1.59. The van der Waals surface area contributed by atoms with Gasteiger partial charge in [-0.25, -0.2) is 0 Å². The van der Waals surface area contributed by atoms with Crippen LogP contribution in [-0.2, 0) is 6.42 Å². The molecule has 0 bridgehead atoms. The van der Waals surface area contributed by atoms with Crippen LogP contribution >= 0.6 is 0 Å². The summed E-state index contributed by atoms with van der Waals surface area (Å²) >= 11 is 0. The highest BCUT2D eigenvalue weighted by molar-refractivity contribution is 5.54. The molecule has 1 unspecified atom stereocenters. The SMILES string of the molecule is Cc1ccc2c(c1)CC(CNC1CCC1)CN2. The third kappa shape index (κ3) is 2.47. The Kier molecular flexibility index (Phi) is 3.06. The monoisotopic (exact) mass is 230 g/mol. The summed E-state index contributed by atoms with van der Waals surface area (Å²) < 4.78 is 0. The van der Waals surface area contributed by atoms with Crippen molar-refractivity contribution in [3.63, 3.8) is 0 Å². The van der Waals surface area contributed by atoms with Crippen LogP contribution in [0.1, 0.15) is 30.4 Å². The van der Waals surface area contributed by atoms with Crippen LogP contribution in [0.15, 0.2) is 18.2 Å². The first-order chi connectivity index (χ1) is 8.31. The van der Waals surface area contributed by atoms with E-state index >= 15 is 0 Å². The molecule has 2 nitrogen and oxygen atoms in total. The maximum atomic E-state index is 3.69. The number of fused-ring (bicyclic) bond motifs is 1. The van der Waals surface area contributed by atoms with Crippen molar-refractivity contribution in [1.29, 1.82) is 0 Å². The van der Waals surface area contributed by atoms with E-state index < -0.39 is 0 Å². The Bertz CT molecular complexity index is 396. The predicted octanol–water partition coefficient (Wildman–Crippen LogP) is 2.72. The second kappa shape index (κ2) is 4.69. The molecule has 1 aromatic rings. The van der Waals surface area contributed by atoms with Gasteiger partial charge in [-0.1, -0.05) is 24.1 Å². The van der Waals surface area contributed by atoms with E-state index in [1.54, 1.807) is 0 Å². The normalized spacial score (nSPS) is 23.7. The van der Waals surface area contributed by atoms with Crippen LogP contribution in [0.25, 0.3) is 0 Å². The van der Waals surface area contributed by atoms with Crippen LogP contribution < -0.4 is 10.6 Å². The van der Waals surface area contributed by atoms with Gasteiger partial charge in [0.05, 0.1) is 0 Å². The van der Waals surface area contributed by atoms with Gasteiger partial charge in [0.2, 0.25) is 0 Å². The van der Waals surface area contributed by atoms with Crippen molar-refractivity contribution in [3.05, 3.63) is 29.3 Å². The van der Waals surface area contributed by atoms with Crippen molar-refractivity contribution in [3.8, 4) is 0 Å². The lowest BCUT2D eigenvalue weighted by Gasteiger charge is -2.31. The fourth-order valence-electron chi connectivity index (χ4n) is 2.79. The van der Waals surface area contributed by atoms with E-state index in [2.05, 4.69) is 35.8 Å². The second-order valence-corrected chi connectivity index (χ2v) is 5.65. The number of rotatable bonds is 3. The van der Waals surface area contributed by atoms with Gasteiger partial charge in [-0.2, -0.15) is 0 Å². The van der Waals surface area contributed by atoms with E-state index in [1.807, 2.05) is 0 Å². The van der Waals surface area contributed by atoms with Crippen LogP contribution in [0.2, 0.25) is 0 Å². The molecule has 2 heteroatoms. The number of aryl methyl sites for hydroxylation is 1. The molecule has 1 saturated carbocycles. The zero-order valence-corrected chi connectivity index (χ0v) is 10.6. The van der Waals surface area contributed by atoms with Gasteiger partial charge in [0.25, 0.3) is 0 Å². The third-order valence-electron chi connectivity index (χ3n) is 4.15. The summed E-state index contributed by atoms with van der Waals surface area (Å²) in [5.74, 6) is 0.755. The Morgan fingerprint density at radius 3 is 3.00 bits per heavy atom. The molecule has 1 aromatic carbocycles. The standard InChI is InChI=1S/C15H22N2/c1-11-5-6-15-13(7-11)8-12(10-17-15)9-16-14-3-2-4-14/h5-7,12,14,16-17H,2-4,8-10H2,1H3. The Hall–Kier alpha value is -1.02. The van der Waals surface area contributed by atoms with Crippen LogP contribution in [0.5, 0.6) is 0 Å². The van der Waals surface area contributed by atoms with Gasteiger partial charge < -0.3 is 10.6 Å². The third-order valence-corrected chi connectivity index (χ3v) is 4.15. The molecule has 1 heterocycles.